The lowest BCUT2D eigenvalue weighted by atomic mass is 10.0. The lowest BCUT2D eigenvalue weighted by Gasteiger charge is -2.32. The molecule has 1 aliphatic heterocycles. The van der Waals surface area contributed by atoms with Gasteiger partial charge in [0.05, 0.1) is 25.9 Å². The number of nitrogens with zero attached hydrogens (tertiary/aromatic N) is 1. The number of aliphatic hydroxyl groups is 2. The van der Waals surface area contributed by atoms with E-state index in [-0.39, 0.29) is 19.1 Å². The van der Waals surface area contributed by atoms with E-state index in [0.717, 1.165) is 18.2 Å². The van der Waals surface area contributed by atoms with Crippen LogP contribution in [0, 0.1) is 0 Å². The van der Waals surface area contributed by atoms with Gasteiger partial charge < -0.3 is 35.5 Å². The molecule has 1 aromatic heterocycles. The van der Waals surface area contributed by atoms with E-state index in [2.05, 4.69) is 15.2 Å². The highest BCUT2D eigenvalue weighted by atomic mass is 19.4. The zero-order valence-electron chi connectivity index (χ0n) is 17.1. The van der Waals surface area contributed by atoms with Crippen molar-refractivity contribution in [3.63, 3.8) is 0 Å². The number of hydrogen-bond acceptors (Lipinski definition) is 9. The number of halogens is 4. The minimum atomic E-state index is -4.57. The molecule has 5 N–H and O–H groups in total. The van der Waals surface area contributed by atoms with E-state index in [1.54, 1.807) is 0 Å². The van der Waals surface area contributed by atoms with Crippen LogP contribution in [0.15, 0.2) is 18.2 Å². The van der Waals surface area contributed by atoms with Crippen molar-refractivity contribution in [1.82, 2.24) is 10.3 Å². The second-order valence-corrected chi connectivity index (χ2v) is 6.45. The van der Waals surface area contributed by atoms with Crippen molar-refractivity contribution in [2.75, 3.05) is 46.1 Å². The number of amides is 1. The predicted octanol–water partition coefficient (Wildman–Crippen LogP) is -0.0311. The fraction of sp³-hybridized carbons (Fsp3) is 0.667. The lowest BCUT2D eigenvalue weighted by molar-refractivity contribution is -0.142. The van der Waals surface area contributed by atoms with Crippen LogP contribution in [0.25, 0.3) is 0 Å². The van der Waals surface area contributed by atoms with E-state index in [4.69, 9.17) is 19.9 Å². The number of aromatic nitrogens is 1. The van der Waals surface area contributed by atoms with Gasteiger partial charge in [-0.3, -0.25) is 9.74 Å². The van der Waals surface area contributed by atoms with E-state index in [9.17, 15) is 32.7 Å². The zero-order chi connectivity index (χ0) is 24.0. The van der Waals surface area contributed by atoms with Crippen molar-refractivity contribution in [3.05, 3.63) is 23.9 Å². The van der Waals surface area contributed by atoms with E-state index < -0.39 is 36.1 Å². The maximum absolute atomic E-state index is 11.9. The predicted molar refractivity (Wildman–Crippen MR) is 101 cm³/mol. The lowest BCUT2D eigenvalue weighted by Crippen LogP contribution is -2.50. The van der Waals surface area contributed by atoms with Crippen molar-refractivity contribution in [2.24, 2.45) is 5.73 Å². The molecule has 10 nitrogen and oxygen atoms in total. The average Bonchev–Trinajstić information content (AvgIpc) is 2.77. The molecule has 0 spiro atoms. The molecule has 1 aliphatic rings. The summed E-state index contributed by atoms with van der Waals surface area (Å²) in [4.78, 5) is 17.3. The molecule has 3 unspecified atom stereocenters. The Hall–Kier alpha value is -2.10. The third-order valence-corrected chi connectivity index (χ3v) is 3.98. The Morgan fingerprint density at radius 2 is 1.97 bits per heavy atom. The van der Waals surface area contributed by atoms with E-state index in [1.165, 1.54) is 0 Å². The third kappa shape index (κ3) is 11.0. The van der Waals surface area contributed by atoms with Gasteiger partial charge >= 0.3 is 6.18 Å². The molecule has 2 rings (SSSR count). The van der Waals surface area contributed by atoms with Crippen LogP contribution in [-0.4, -0.2) is 85.5 Å². The van der Waals surface area contributed by atoms with Crippen LogP contribution >= 0.6 is 0 Å². The second-order valence-electron chi connectivity index (χ2n) is 6.45. The minimum absolute atomic E-state index is 0.0860. The monoisotopic (exact) mass is 473 g/mol. The van der Waals surface area contributed by atoms with E-state index >= 15 is 0 Å². The number of aliphatic hydroxyl groups excluding tert-OH is 2. The number of carbonyl (C=O) groups is 1. The van der Waals surface area contributed by atoms with Crippen LogP contribution in [-0.2, 0) is 25.2 Å². The fourth-order valence-electron chi connectivity index (χ4n) is 2.39. The molecular weight excluding hydrogens is 446 g/mol. The molecule has 3 atom stereocenters. The van der Waals surface area contributed by atoms with Crippen molar-refractivity contribution >= 4 is 5.91 Å². The molecule has 1 fully saturated rings. The maximum Gasteiger partial charge on any atom is 0.433 e. The van der Waals surface area contributed by atoms with Crippen molar-refractivity contribution in [2.45, 2.75) is 30.9 Å². The summed E-state index contributed by atoms with van der Waals surface area (Å²) in [6.45, 7) is 2.05. The highest BCUT2D eigenvalue weighted by molar-refractivity contribution is 5.77. The Balaban J connectivity index is 0.000000363. The van der Waals surface area contributed by atoms with Crippen LogP contribution in [0.5, 0.6) is 5.88 Å². The maximum atomic E-state index is 11.9. The molecule has 184 valence electrons. The molecule has 0 aromatic carbocycles. The van der Waals surface area contributed by atoms with Crippen molar-refractivity contribution in [1.29, 1.82) is 0 Å². The molecule has 0 saturated carbocycles. The van der Waals surface area contributed by atoms with Crippen LogP contribution in [0.3, 0.4) is 0 Å². The number of pyridine rings is 1. The molecule has 0 aliphatic carbocycles. The summed E-state index contributed by atoms with van der Waals surface area (Å²) in [7, 11) is 0. The Morgan fingerprint density at radius 1 is 1.25 bits per heavy atom. The zero-order valence-corrected chi connectivity index (χ0v) is 17.1. The minimum Gasteiger partial charge on any atom is -0.390 e. The van der Waals surface area contributed by atoms with Gasteiger partial charge in [-0.1, -0.05) is 6.07 Å². The summed E-state index contributed by atoms with van der Waals surface area (Å²) in [5.41, 5.74) is 4.06. The van der Waals surface area contributed by atoms with Crippen molar-refractivity contribution < 1.29 is 51.9 Å². The second kappa shape index (κ2) is 14.9. The van der Waals surface area contributed by atoms with Crippen LogP contribution < -0.4 is 16.0 Å². The van der Waals surface area contributed by atoms with Gasteiger partial charge in [-0.2, -0.15) is 13.2 Å². The summed E-state index contributed by atoms with van der Waals surface area (Å²) in [6, 6.07) is 2.71. The number of carbonyl (C=O) groups excluding carboxylic acids is 1. The Morgan fingerprint density at radius 3 is 2.62 bits per heavy atom. The first-order valence-corrected chi connectivity index (χ1v) is 9.61. The number of rotatable bonds is 10. The fourth-order valence-corrected chi connectivity index (χ4v) is 2.39. The van der Waals surface area contributed by atoms with Crippen molar-refractivity contribution in [3.8, 4) is 5.88 Å². The third-order valence-electron chi connectivity index (χ3n) is 3.98. The van der Waals surface area contributed by atoms with Gasteiger partial charge in [0.15, 0.2) is 0 Å². The molecule has 1 saturated heterocycles. The standard InChI is InChI=1S/C12H24N2O6.C6H3F4NO/c13-2-4-18-5-6-19-8-11(16)14-7-10-12(17)9(15)1-3-20-10;7-6(8,9)4-2-1-3-5(11-4)12-10/h9-10,12,15,17H,1-8,13H2,(H,14,16);1-3H. The molecule has 1 amide bonds. The highest BCUT2D eigenvalue weighted by Crippen LogP contribution is 2.28. The van der Waals surface area contributed by atoms with Crippen LogP contribution in [0.1, 0.15) is 12.1 Å². The molecule has 0 bridgehead atoms. The smallest absolute Gasteiger partial charge is 0.390 e. The number of alkyl halides is 3. The first kappa shape index (κ1) is 27.9. The van der Waals surface area contributed by atoms with Gasteiger partial charge in [0, 0.05) is 30.3 Å². The Bertz CT molecular complexity index is 670. The first-order valence-electron chi connectivity index (χ1n) is 9.61. The van der Waals surface area contributed by atoms with Crippen LogP contribution in [0.2, 0.25) is 0 Å². The normalized spacial score (nSPS) is 20.8. The van der Waals surface area contributed by atoms with E-state index in [1.807, 2.05) is 0 Å². The Kier molecular flexibility index (Phi) is 13.0. The molecule has 1 aromatic rings. The number of hydrogen-bond donors (Lipinski definition) is 4. The summed E-state index contributed by atoms with van der Waals surface area (Å²) < 4.78 is 62.4. The summed E-state index contributed by atoms with van der Waals surface area (Å²) in [5.74, 6) is -1.01. The quantitative estimate of drug-likeness (QED) is 0.272. The summed E-state index contributed by atoms with van der Waals surface area (Å²) in [6.07, 6.45) is -6.54. The molecule has 32 heavy (non-hydrogen) atoms. The average molecular weight is 473 g/mol. The van der Waals surface area contributed by atoms with Gasteiger partial charge in [-0.05, 0) is 12.5 Å². The molecule has 0 radical (unpaired) electrons. The number of ether oxygens (including phenoxy) is 3. The Labute approximate surface area is 181 Å². The van der Waals surface area contributed by atoms with E-state index in [0.29, 0.717) is 39.4 Å². The van der Waals surface area contributed by atoms with Gasteiger partial charge in [0.25, 0.3) is 5.88 Å². The first-order chi connectivity index (χ1) is 15.2. The van der Waals surface area contributed by atoms with Gasteiger partial charge in [0.2, 0.25) is 5.91 Å². The van der Waals surface area contributed by atoms with Gasteiger partial charge in [-0.15, -0.1) is 0 Å². The van der Waals surface area contributed by atoms with Crippen LogP contribution in [0.4, 0.5) is 17.7 Å². The summed E-state index contributed by atoms with van der Waals surface area (Å²) in [5, 5.41) is 21.7. The number of nitrogens with one attached hydrogen (secondary N) is 1. The molecule has 14 heteroatoms. The summed E-state index contributed by atoms with van der Waals surface area (Å²) >= 11 is 0. The number of nitrogens with two attached hydrogens (primary N) is 1. The highest BCUT2D eigenvalue weighted by Gasteiger charge is 2.33. The molecule has 2 heterocycles. The molecular formula is C18H27F4N3O7. The van der Waals surface area contributed by atoms with Gasteiger partial charge in [0.1, 0.15) is 24.5 Å². The largest absolute Gasteiger partial charge is 0.433 e. The topological polar surface area (TPSA) is 145 Å². The SMILES string of the molecule is FOc1cccc(C(F)(F)F)n1.NCCOCCOCC(=O)NCC1OCCC(O)C1O. The van der Waals surface area contributed by atoms with Gasteiger partial charge in [-0.25, -0.2) is 4.98 Å².